The van der Waals surface area contributed by atoms with Gasteiger partial charge in [-0.3, -0.25) is 0 Å². The molecule has 1 heterocycles. The summed E-state index contributed by atoms with van der Waals surface area (Å²) in [5.41, 5.74) is 0.464. The van der Waals surface area contributed by atoms with Crippen LogP contribution in [0.25, 0.3) is 0 Å². The van der Waals surface area contributed by atoms with Crippen molar-refractivity contribution in [2.24, 2.45) is 5.41 Å². The number of nitrogens with zero attached hydrogens (tertiary/aromatic N) is 1. The molecule has 0 atom stereocenters. The summed E-state index contributed by atoms with van der Waals surface area (Å²) in [6.45, 7) is 11.3. The van der Waals surface area contributed by atoms with Crippen LogP contribution >= 0.6 is 0 Å². The topological polar surface area (TPSA) is 24.5 Å². The van der Waals surface area contributed by atoms with E-state index in [0.717, 1.165) is 19.3 Å². The second kappa shape index (κ2) is 6.88. The largest absolute Gasteiger partial charge is 0.381 e. The maximum atomic E-state index is 5.58. The molecule has 0 amide bonds. The summed E-state index contributed by atoms with van der Waals surface area (Å²) >= 11 is 0. The average Bonchev–Trinajstić information content (AvgIpc) is 3.21. The highest BCUT2D eigenvalue weighted by molar-refractivity contribution is 4.91. The van der Waals surface area contributed by atoms with Crippen LogP contribution in [0.1, 0.15) is 46.0 Å². The summed E-state index contributed by atoms with van der Waals surface area (Å²) in [6.07, 6.45) is 6.49. The Morgan fingerprint density at radius 1 is 1.22 bits per heavy atom. The molecule has 0 aromatic rings. The van der Waals surface area contributed by atoms with Crippen LogP contribution < -0.4 is 5.32 Å². The lowest BCUT2D eigenvalue weighted by Gasteiger charge is -2.41. The maximum Gasteiger partial charge on any atom is 0.0472 e. The Balaban J connectivity index is 1.88. The first-order valence-electron chi connectivity index (χ1n) is 7.81. The van der Waals surface area contributed by atoms with E-state index >= 15 is 0 Å². The van der Waals surface area contributed by atoms with Gasteiger partial charge in [0, 0.05) is 32.3 Å². The van der Waals surface area contributed by atoms with Crippen LogP contribution in [0.2, 0.25) is 0 Å². The summed E-state index contributed by atoms with van der Waals surface area (Å²) in [7, 11) is 0. The molecule has 0 aromatic heterocycles. The molecule has 0 aromatic carbocycles. The Bertz CT molecular complexity index is 235. The van der Waals surface area contributed by atoms with Crippen LogP contribution in [0.15, 0.2) is 0 Å². The van der Waals surface area contributed by atoms with Crippen molar-refractivity contribution >= 4 is 0 Å². The lowest BCUT2D eigenvalue weighted by Crippen LogP contribution is -2.48. The summed E-state index contributed by atoms with van der Waals surface area (Å²) < 4.78 is 5.58. The fourth-order valence-electron chi connectivity index (χ4n) is 2.98. The number of rotatable bonds is 8. The van der Waals surface area contributed by atoms with Crippen LogP contribution in [0.4, 0.5) is 0 Å². The Kier molecular flexibility index (Phi) is 5.46. The normalized spacial score (nSPS) is 23.5. The average molecular weight is 254 g/mol. The Morgan fingerprint density at radius 3 is 2.50 bits per heavy atom. The summed E-state index contributed by atoms with van der Waals surface area (Å²) in [6, 6.07) is 0.825. The van der Waals surface area contributed by atoms with Crippen molar-refractivity contribution < 1.29 is 4.74 Å². The summed E-state index contributed by atoms with van der Waals surface area (Å²) in [4.78, 5) is 2.62. The zero-order valence-electron chi connectivity index (χ0n) is 12.2. The van der Waals surface area contributed by atoms with Gasteiger partial charge < -0.3 is 15.0 Å². The molecule has 0 spiro atoms. The van der Waals surface area contributed by atoms with E-state index in [4.69, 9.17) is 4.74 Å². The molecule has 0 radical (unpaired) electrons. The molecule has 2 aliphatic rings. The summed E-state index contributed by atoms with van der Waals surface area (Å²) in [5.74, 6) is 0. The zero-order valence-corrected chi connectivity index (χ0v) is 12.2. The first-order valence-corrected chi connectivity index (χ1v) is 7.81. The van der Waals surface area contributed by atoms with Gasteiger partial charge in [-0.2, -0.15) is 0 Å². The van der Waals surface area contributed by atoms with Crippen LogP contribution in [0.5, 0.6) is 0 Å². The lowest BCUT2D eigenvalue weighted by molar-refractivity contribution is -0.00383. The maximum absolute atomic E-state index is 5.58. The second-order valence-electron chi connectivity index (χ2n) is 6.14. The van der Waals surface area contributed by atoms with E-state index in [9.17, 15) is 0 Å². The fraction of sp³-hybridized carbons (Fsp3) is 1.00. The minimum Gasteiger partial charge on any atom is -0.381 e. The van der Waals surface area contributed by atoms with E-state index in [0.29, 0.717) is 5.41 Å². The Hall–Kier alpha value is -0.120. The van der Waals surface area contributed by atoms with E-state index < -0.39 is 0 Å². The molecule has 106 valence electrons. The molecular weight excluding hydrogens is 224 g/mol. The van der Waals surface area contributed by atoms with Gasteiger partial charge in [0.1, 0.15) is 0 Å². The standard InChI is InChI=1S/C15H30N2O/c1-3-9-17(4-2)13-15(7-10-18-11-8-15)12-16-14-5-6-14/h14,16H,3-13H2,1-2H3. The van der Waals surface area contributed by atoms with Gasteiger partial charge >= 0.3 is 0 Å². The predicted octanol–water partition coefficient (Wildman–Crippen LogP) is 2.27. The molecule has 0 unspecified atom stereocenters. The molecule has 3 heteroatoms. The summed E-state index contributed by atoms with van der Waals surface area (Å²) in [5, 5.41) is 3.76. The number of nitrogens with one attached hydrogen (secondary N) is 1. The third-order valence-electron chi connectivity index (χ3n) is 4.44. The minimum absolute atomic E-state index is 0.464. The third kappa shape index (κ3) is 4.22. The molecular formula is C15H30N2O. The van der Waals surface area contributed by atoms with E-state index in [1.165, 1.54) is 58.3 Å². The van der Waals surface area contributed by atoms with Crippen LogP contribution in [0, 0.1) is 5.41 Å². The first kappa shape index (κ1) is 14.3. The van der Waals surface area contributed by atoms with Crippen LogP contribution in [-0.4, -0.2) is 50.3 Å². The smallest absolute Gasteiger partial charge is 0.0472 e. The van der Waals surface area contributed by atoms with Gasteiger partial charge in [0.05, 0.1) is 0 Å². The van der Waals surface area contributed by atoms with E-state index in [2.05, 4.69) is 24.1 Å². The van der Waals surface area contributed by atoms with Gasteiger partial charge in [0.25, 0.3) is 0 Å². The van der Waals surface area contributed by atoms with Gasteiger partial charge in [-0.15, -0.1) is 0 Å². The van der Waals surface area contributed by atoms with E-state index in [1.807, 2.05) is 0 Å². The highest BCUT2D eigenvalue weighted by atomic mass is 16.5. The fourth-order valence-corrected chi connectivity index (χ4v) is 2.98. The van der Waals surface area contributed by atoms with Crippen molar-refractivity contribution in [1.29, 1.82) is 0 Å². The molecule has 2 rings (SSSR count). The number of hydrogen-bond acceptors (Lipinski definition) is 3. The van der Waals surface area contributed by atoms with Crippen molar-refractivity contribution in [3.63, 3.8) is 0 Å². The van der Waals surface area contributed by atoms with Gasteiger partial charge in [-0.25, -0.2) is 0 Å². The molecule has 1 aliphatic carbocycles. The zero-order chi connectivity index (χ0) is 12.8. The monoisotopic (exact) mass is 254 g/mol. The highest BCUT2D eigenvalue weighted by Crippen LogP contribution is 2.32. The first-order chi connectivity index (χ1) is 8.78. The molecule has 0 bridgehead atoms. The van der Waals surface area contributed by atoms with Gasteiger partial charge in [0.2, 0.25) is 0 Å². The lowest BCUT2D eigenvalue weighted by atomic mass is 9.79. The highest BCUT2D eigenvalue weighted by Gasteiger charge is 2.35. The SMILES string of the molecule is CCCN(CC)CC1(CNC2CC2)CCOCC1. The van der Waals surface area contributed by atoms with Gasteiger partial charge in [-0.05, 0) is 50.6 Å². The second-order valence-corrected chi connectivity index (χ2v) is 6.14. The van der Waals surface area contributed by atoms with Crippen LogP contribution in [-0.2, 0) is 4.74 Å². The molecule has 1 aliphatic heterocycles. The molecule has 2 fully saturated rings. The van der Waals surface area contributed by atoms with Crippen molar-refractivity contribution in [2.45, 2.75) is 52.0 Å². The quantitative estimate of drug-likeness (QED) is 0.719. The molecule has 1 saturated carbocycles. The third-order valence-corrected chi connectivity index (χ3v) is 4.44. The number of ether oxygens (including phenoxy) is 1. The van der Waals surface area contributed by atoms with E-state index in [1.54, 1.807) is 0 Å². The van der Waals surface area contributed by atoms with Gasteiger partial charge in [0.15, 0.2) is 0 Å². The Labute approximate surface area is 112 Å². The van der Waals surface area contributed by atoms with Gasteiger partial charge in [-0.1, -0.05) is 13.8 Å². The molecule has 3 nitrogen and oxygen atoms in total. The van der Waals surface area contributed by atoms with E-state index in [-0.39, 0.29) is 0 Å². The van der Waals surface area contributed by atoms with Crippen molar-refractivity contribution in [1.82, 2.24) is 10.2 Å². The molecule has 1 N–H and O–H groups in total. The van der Waals surface area contributed by atoms with Crippen molar-refractivity contribution in [3.05, 3.63) is 0 Å². The minimum atomic E-state index is 0.464. The molecule has 18 heavy (non-hydrogen) atoms. The predicted molar refractivity (Wildman–Crippen MR) is 75.9 cm³/mol. The van der Waals surface area contributed by atoms with Crippen LogP contribution in [0.3, 0.4) is 0 Å². The Morgan fingerprint density at radius 2 is 1.94 bits per heavy atom. The molecule has 1 saturated heterocycles. The van der Waals surface area contributed by atoms with Crippen molar-refractivity contribution in [3.8, 4) is 0 Å². The number of hydrogen-bond donors (Lipinski definition) is 1. The van der Waals surface area contributed by atoms with Crippen molar-refractivity contribution in [2.75, 3.05) is 39.4 Å².